The van der Waals surface area contributed by atoms with Gasteiger partial charge in [-0.3, -0.25) is 0 Å². The van der Waals surface area contributed by atoms with E-state index in [1.54, 1.807) is 20.0 Å². The van der Waals surface area contributed by atoms with Gasteiger partial charge in [0.15, 0.2) is 0 Å². The summed E-state index contributed by atoms with van der Waals surface area (Å²) in [5, 5.41) is 5.58. The Kier molecular flexibility index (Phi) is 3.36. The van der Waals surface area contributed by atoms with Crippen molar-refractivity contribution in [3.63, 3.8) is 0 Å². The predicted octanol–water partition coefficient (Wildman–Crippen LogP) is 2.85. The van der Waals surface area contributed by atoms with Crippen LogP contribution in [0.4, 0.5) is 26.1 Å². The average molecular weight is 250 g/mol. The van der Waals surface area contributed by atoms with Gasteiger partial charge >= 0.3 is 0 Å². The SMILES string of the molecule is CNc1cc(Nc2cc(F)ccc2F)nc(C)n1. The maximum atomic E-state index is 13.5. The molecule has 0 radical (unpaired) electrons. The lowest BCUT2D eigenvalue weighted by Gasteiger charge is -2.09. The van der Waals surface area contributed by atoms with E-state index in [1.165, 1.54) is 0 Å². The number of benzene rings is 1. The molecule has 0 aliphatic carbocycles. The molecule has 0 saturated heterocycles. The summed E-state index contributed by atoms with van der Waals surface area (Å²) in [5.74, 6) is 0.469. The molecule has 0 bridgehead atoms. The Morgan fingerprint density at radius 2 is 1.78 bits per heavy atom. The first kappa shape index (κ1) is 12.2. The van der Waals surface area contributed by atoms with E-state index in [1.807, 2.05) is 0 Å². The predicted molar refractivity (Wildman–Crippen MR) is 66.0 cm³/mol. The Bertz CT molecular complexity index is 572. The minimum atomic E-state index is -0.543. The van der Waals surface area contributed by atoms with Crippen LogP contribution in [0.3, 0.4) is 0 Å². The third-order valence-electron chi connectivity index (χ3n) is 2.29. The summed E-state index contributed by atoms with van der Waals surface area (Å²) in [7, 11) is 1.72. The van der Waals surface area contributed by atoms with E-state index < -0.39 is 11.6 Å². The number of hydrogen-bond acceptors (Lipinski definition) is 4. The van der Waals surface area contributed by atoms with Crippen molar-refractivity contribution < 1.29 is 8.78 Å². The average Bonchev–Trinajstić information content (AvgIpc) is 2.33. The number of halogens is 2. The van der Waals surface area contributed by atoms with Crippen LogP contribution in [0.15, 0.2) is 24.3 Å². The Morgan fingerprint density at radius 1 is 1.06 bits per heavy atom. The number of rotatable bonds is 3. The molecule has 1 aromatic carbocycles. The van der Waals surface area contributed by atoms with Crippen molar-refractivity contribution in [2.45, 2.75) is 6.92 Å². The molecular formula is C12H12F2N4. The molecule has 2 N–H and O–H groups in total. The monoisotopic (exact) mass is 250 g/mol. The van der Waals surface area contributed by atoms with Crippen LogP contribution in [0.2, 0.25) is 0 Å². The largest absolute Gasteiger partial charge is 0.373 e. The lowest BCUT2D eigenvalue weighted by atomic mass is 10.3. The van der Waals surface area contributed by atoms with Crippen molar-refractivity contribution >= 4 is 17.3 Å². The van der Waals surface area contributed by atoms with Crippen molar-refractivity contribution in [3.8, 4) is 0 Å². The lowest BCUT2D eigenvalue weighted by molar-refractivity contribution is 0.603. The van der Waals surface area contributed by atoms with Crippen LogP contribution in [-0.4, -0.2) is 17.0 Å². The van der Waals surface area contributed by atoms with E-state index in [4.69, 9.17) is 0 Å². The second-order valence-electron chi connectivity index (χ2n) is 3.68. The van der Waals surface area contributed by atoms with Gasteiger partial charge in [0.05, 0.1) is 5.69 Å². The van der Waals surface area contributed by atoms with Gasteiger partial charge in [-0.1, -0.05) is 0 Å². The number of nitrogens with one attached hydrogen (secondary N) is 2. The zero-order valence-corrected chi connectivity index (χ0v) is 9.96. The first-order chi connectivity index (χ1) is 8.58. The molecular weight excluding hydrogens is 238 g/mol. The topological polar surface area (TPSA) is 49.8 Å². The molecule has 6 heteroatoms. The van der Waals surface area contributed by atoms with Gasteiger partial charge < -0.3 is 10.6 Å². The second-order valence-corrected chi connectivity index (χ2v) is 3.68. The van der Waals surface area contributed by atoms with Crippen molar-refractivity contribution in [2.24, 2.45) is 0 Å². The minimum Gasteiger partial charge on any atom is -0.373 e. The Morgan fingerprint density at radius 3 is 2.50 bits per heavy atom. The van der Waals surface area contributed by atoms with Crippen LogP contribution in [0.25, 0.3) is 0 Å². The molecule has 4 nitrogen and oxygen atoms in total. The molecule has 0 aliphatic heterocycles. The molecule has 0 unspecified atom stereocenters. The summed E-state index contributed by atoms with van der Waals surface area (Å²) < 4.78 is 26.5. The lowest BCUT2D eigenvalue weighted by Crippen LogP contribution is -2.02. The summed E-state index contributed by atoms with van der Waals surface area (Å²) >= 11 is 0. The highest BCUT2D eigenvalue weighted by Crippen LogP contribution is 2.21. The fraction of sp³-hybridized carbons (Fsp3) is 0.167. The first-order valence-electron chi connectivity index (χ1n) is 5.34. The molecule has 94 valence electrons. The molecule has 2 aromatic rings. The second kappa shape index (κ2) is 4.95. The van der Waals surface area contributed by atoms with E-state index in [2.05, 4.69) is 20.6 Å². The molecule has 0 amide bonds. The van der Waals surface area contributed by atoms with Crippen LogP contribution in [-0.2, 0) is 0 Å². The molecule has 0 aliphatic rings. The van der Waals surface area contributed by atoms with Crippen LogP contribution in [0, 0.1) is 18.6 Å². The minimum absolute atomic E-state index is 0.0372. The smallest absolute Gasteiger partial charge is 0.146 e. The maximum Gasteiger partial charge on any atom is 0.146 e. The van der Waals surface area contributed by atoms with E-state index in [-0.39, 0.29) is 5.69 Å². The maximum absolute atomic E-state index is 13.5. The van der Waals surface area contributed by atoms with Crippen molar-refractivity contribution in [3.05, 3.63) is 41.7 Å². The Hall–Kier alpha value is -2.24. The molecule has 2 rings (SSSR count). The van der Waals surface area contributed by atoms with Gasteiger partial charge in [-0.2, -0.15) is 0 Å². The van der Waals surface area contributed by atoms with Crippen LogP contribution in [0.1, 0.15) is 5.82 Å². The fourth-order valence-electron chi connectivity index (χ4n) is 1.49. The fourth-order valence-corrected chi connectivity index (χ4v) is 1.49. The highest BCUT2D eigenvalue weighted by molar-refractivity contribution is 5.59. The molecule has 18 heavy (non-hydrogen) atoms. The zero-order chi connectivity index (χ0) is 13.1. The third-order valence-corrected chi connectivity index (χ3v) is 2.29. The van der Waals surface area contributed by atoms with Gasteiger partial charge in [-0.05, 0) is 19.1 Å². The summed E-state index contributed by atoms with van der Waals surface area (Å²) in [5.41, 5.74) is 0.0372. The summed E-state index contributed by atoms with van der Waals surface area (Å²) in [6, 6.07) is 4.80. The normalized spacial score (nSPS) is 10.2. The molecule has 0 fully saturated rings. The van der Waals surface area contributed by atoms with Crippen molar-refractivity contribution in [1.82, 2.24) is 9.97 Å². The molecule has 0 saturated carbocycles. The number of anilines is 3. The third kappa shape index (κ3) is 2.71. The van der Waals surface area contributed by atoms with Crippen LogP contribution < -0.4 is 10.6 Å². The Balaban J connectivity index is 2.33. The van der Waals surface area contributed by atoms with E-state index in [0.717, 1.165) is 18.2 Å². The zero-order valence-electron chi connectivity index (χ0n) is 9.96. The van der Waals surface area contributed by atoms with Gasteiger partial charge in [0.25, 0.3) is 0 Å². The van der Waals surface area contributed by atoms with Crippen LogP contribution in [0.5, 0.6) is 0 Å². The first-order valence-corrected chi connectivity index (χ1v) is 5.34. The molecule has 0 spiro atoms. The van der Waals surface area contributed by atoms with Crippen molar-refractivity contribution in [2.75, 3.05) is 17.7 Å². The van der Waals surface area contributed by atoms with Crippen LogP contribution >= 0.6 is 0 Å². The number of aryl methyl sites for hydroxylation is 1. The quantitative estimate of drug-likeness (QED) is 0.879. The number of aromatic nitrogens is 2. The van der Waals surface area contributed by atoms with E-state index in [0.29, 0.717) is 17.5 Å². The van der Waals surface area contributed by atoms with E-state index >= 15 is 0 Å². The van der Waals surface area contributed by atoms with Gasteiger partial charge in [0, 0.05) is 19.2 Å². The van der Waals surface area contributed by atoms with Gasteiger partial charge in [0.1, 0.15) is 29.1 Å². The standard InChI is InChI=1S/C12H12F2N4/c1-7-16-11(15-2)6-12(17-7)18-10-5-8(13)3-4-9(10)14/h3-6H,1-2H3,(H2,15,16,17,18). The highest BCUT2D eigenvalue weighted by atomic mass is 19.1. The summed E-state index contributed by atoms with van der Waals surface area (Å²) in [4.78, 5) is 8.20. The molecule has 1 aromatic heterocycles. The van der Waals surface area contributed by atoms with Gasteiger partial charge in [0.2, 0.25) is 0 Å². The molecule has 0 atom stereocenters. The number of hydrogen-bond donors (Lipinski definition) is 2. The summed E-state index contributed by atoms with van der Waals surface area (Å²) in [6.07, 6.45) is 0. The van der Waals surface area contributed by atoms with Gasteiger partial charge in [-0.25, -0.2) is 18.7 Å². The summed E-state index contributed by atoms with van der Waals surface area (Å²) in [6.45, 7) is 1.72. The Labute approximate surface area is 103 Å². The van der Waals surface area contributed by atoms with Gasteiger partial charge in [-0.15, -0.1) is 0 Å². The highest BCUT2D eigenvalue weighted by Gasteiger charge is 2.06. The number of nitrogens with zero attached hydrogens (tertiary/aromatic N) is 2. The van der Waals surface area contributed by atoms with Crippen molar-refractivity contribution in [1.29, 1.82) is 0 Å². The molecule has 1 heterocycles. The van der Waals surface area contributed by atoms with E-state index in [9.17, 15) is 8.78 Å².